The van der Waals surface area contributed by atoms with Gasteiger partial charge >= 0.3 is 0 Å². The number of halogens is 2. The number of ether oxygens (including phenoxy) is 1. The molecule has 0 fully saturated rings. The lowest BCUT2D eigenvalue weighted by Crippen LogP contribution is -2.33. The number of rotatable bonds is 7. The Morgan fingerprint density at radius 2 is 2.26 bits per heavy atom. The second-order valence-electron chi connectivity index (χ2n) is 3.70. The van der Waals surface area contributed by atoms with Crippen LogP contribution in [0.5, 0.6) is 5.88 Å². The number of aliphatic hydroxyl groups excluding tert-OH is 1. The van der Waals surface area contributed by atoms with E-state index in [2.05, 4.69) is 4.98 Å². The molecule has 0 atom stereocenters. The molecule has 0 spiro atoms. The van der Waals surface area contributed by atoms with Crippen molar-refractivity contribution in [1.82, 2.24) is 9.88 Å². The number of carbonyl (C=O) groups excluding carboxylic acids is 1. The molecule has 0 aromatic carbocycles. The average molecular weight is 274 g/mol. The number of likely N-dealkylation sites (N-methyl/N-ethyl adjacent to an activating group) is 1. The van der Waals surface area contributed by atoms with Crippen molar-refractivity contribution in [2.45, 2.75) is 13.3 Å². The van der Waals surface area contributed by atoms with Crippen LogP contribution in [0.1, 0.15) is 17.3 Å². The molecule has 7 heteroatoms. The summed E-state index contributed by atoms with van der Waals surface area (Å²) in [5.74, 6) is -0.230. The van der Waals surface area contributed by atoms with Crippen LogP contribution < -0.4 is 4.74 Å². The van der Waals surface area contributed by atoms with Gasteiger partial charge in [-0.25, -0.2) is 13.8 Å². The Morgan fingerprint density at radius 3 is 2.74 bits per heavy atom. The number of pyridine rings is 1. The number of carbonyl (C=O) groups is 1. The maximum atomic E-state index is 12.0. The van der Waals surface area contributed by atoms with E-state index in [9.17, 15) is 13.6 Å². The van der Waals surface area contributed by atoms with Crippen molar-refractivity contribution in [3.8, 4) is 5.88 Å². The maximum Gasteiger partial charge on any atom is 0.272 e. The monoisotopic (exact) mass is 274 g/mol. The highest BCUT2D eigenvalue weighted by atomic mass is 19.3. The normalized spacial score (nSPS) is 10.6. The van der Waals surface area contributed by atoms with E-state index in [1.165, 1.54) is 23.2 Å². The van der Waals surface area contributed by atoms with Crippen LogP contribution in [0.25, 0.3) is 0 Å². The fraction of sp³-hybridized carbons (Fsp3) is 0.500. The number of nitrogens with zero attached hydrogens (tertiary/aromatic N) is 2. The summed E-state index contributed by atoms with van der Waals surface area (Å²) in [6, 6.07) is 2.82. The minimum atomic E-state index is -2.57. The number of aromatic nitrogens is 1. The standard InChI is InChI=1S/C12H16F2N2O3/c1-2-16(5-6-17)12(18)9-3-4-11(15-7-9)19-8-10(13)14/h3-4,7,10,17H,2,5-6,8H2,1H3. The lowest BCUT2D eigenvalue weighted by atomic mass is 10.2. The van der Waals surface area contributed by atoms with E-state index >= 15 is 0 Å². The lowest BCUT2D eigenvalue weighted by molar-refractivity contribution is 0.0728. The fourth-order valence-corrected chi connectivity index (χ4v) is 1.45. The minimum Gasteiger partial charge on any atom is -0.472 e. The highest BCUT2D eigenvalue weighted by molar-refractivity contribution is 5.93. The van der Waals surface area contributed by atoms with Crippen molar-refractivity contribution in [2.24, 2.45) is 0 Å². The van der Waals surface area contributed by atoms with Crippen LogP contribution in [0.2, 0.25) is 0 Å². The summed E-state index contributed by atoms with van der Waals surface area (Å²) in [4.78, 5) is 17.2. The van der Waals surface area contributed by atoms with E-state index in [1.807, 2.05) is 0 Å². The first-order valence-corrected chi connectivity index (χ1v) is 5.85. The molecule has 0 aliphatic rings. The predicted molar refractivity (Wildman–Crippen MR) is 64.4 cm³/mol. The third-order valence-corrected chi connectivity index (χ3v) is 2.38. The number of aliphatic hydroxyl groups is 1. The Morgan fingerprint density at radius 1 is 1.53 bits per heavy atom. The van der Waals surface area contributed by atoms with E-state index in [-0.39, 0.29) is 24.9 Å². The molecule has 0 radical (unpaired) electrons. The molecule has 19 heavy (non-hydrogen) atoms. The summed E-state index contributed by atoms with van der Waals surface area (Å²) in [5.41, 5.74) is 0.319. The Balaban J connectivity index is 2.66. The zero-order valence-corrected chi connectivity index (χ0v) is 10.6. The van der Waals surface area contributed by atoms with Gasteiger partial charge in [0.25, 0.3) is 12.3 Å². The van der Waals surface area contributed by atoms with Gasteiger partial charge < -0.3 is 14.7 Å². The van der Waals surface area contributed by atoms with Crippen molar-refractivity contribution in [3.63, 3.8) is 0 Å². The van der Waals surface area contributed by atoms with E-state index < -0.39 is 13.0 Å². The fourth-order valence-electron chi connectivity index (χ4n) is 1.45. The highest BCUT2D eigenvalue weighted by Crippen LogP contribution is 2.10. The number of hydrogen-bond donors (Lipinski definition) is 1. The van der Waals surface area contributed by atoms with Gasteiger partial charge in [0, 0.05) is 25.4 Å². The SMILES string of the molecule is CCN(CCO)C(=O)c1ccc(OCC(F)F)nc1. The van der Waals surface area contributed by atoms with Gasteiger partial charge in [0.05, 0.1) is 12.2 Å². The molecule has 1 aromatic heterocycles. The van der Waals surface area contributed by atoms with Crippen molar-refractivity contribution in [2.75, 3.05) is 26.3 Å². The molecule has 0 bridgehead atoms. The van der Waals surface area contributed by atoms with Gasteiger partial charge in [-0.15, -0.1) is 0 Å². The zero-order chi connectivity index (χ0) is 14.3. The molecular weight excluding hydrogens is 258 g/mol. The average Bonchev–Trinajstić information content (AvgIpc) is 2.42. The van der Waals surface area contributed by atoms with Crippen molar-refractivity contribution < 1.29 is 23.4 Å². The largest absolute Gasteiger partial charge is 0.472 e. The molecule has 1 heterocycles. The predicted octanol–water partition coefficient (Wildman–Crippen LogP) is 1.18. The highest BCUT2D eigenvalue weighted by Gasteiger charge is 2.14. The smallest absolute Gasteiger partial charge is 0.272 e. The van der Waals surface area contributed by atoms with Crippen molar-refractivity contribution in [3.05, 3.63) is 23.9 Å². The van der Waals surface area contributed by atoms with Crippen LogP contribution in [-0.2, 0) is 0 Å². The molecule has 0 aliphatic heterocycles. The molecule has 1 amide bonds. The second kappa shape index (κ2) is 7.63. The molecule has 0 saturated carbocycles. The molecule has 0 aliphatic carbocycles. The summed E-state index contributed by atoms with van der Waals surface area (Å²) in [5, 5.41) is 8.83. The van der Waals surface area contributed by atoms with E-state index in [1.54, 1.807) is 6.92 Å². The first-order valence-electron chi connectivity index (χ1n) is 5.85. The van der Waals surface area contributed by atoms with Crippen LogP contribution in [0.3, 0.4) is 0 Å². The molecular formula is C12H16F2N2O3. The lowest BCUT2D eigenvalue weighted by Gasteiger charge is -2.19. The zero-order valence-electron chi connectivity index (χ0n) is 10.6. The molecule has 5 nitrogen and oxygen atoms in total. The maximum absolute atomic E-state index is 12.0. The Bertz CT molecular complexity index is 398. The van der Waals surface area contributed by atoms with Gasteiger partial charge in [0.15, 0.2) is 6.61 Å². The molecule has 1 N–H and O–H groups in total. The summed E-state index contributed by atoms with van der Waals surface area (Å²) in [6.07, 6.45) is -1.30. The first kappa shape index (κ1) is 15.3. The van der Waals surface area contributed by atoms with Crippen LogP contribution in [0, 0.1) is 0 Å². The Hall–Kier alpha value is -1.76. The Kier molecular flexibility index (Phi) is 6.14. The second-order valence-corrected chi connectivity index (χ2v) is 3.70. The quantitative estimate of drug-likeness (QED) is 0.811. The van der Waals surface area contributed by atoms with Crippen LogP contribution >= 0.6 is 0 Å². The minimum absolute atomic E-state index is 0.0436. The third kappa shape index (κ3) is 4.78. The number of hydrogen-bond acceptors (Lipinski definition) is 4. The van der Waals surface area contributed by atoms with Gasteiger partial charge in [-0.3, -0.25) is 4.79 Å². The summed E-state index contributed by atoms with van der Waals surface area (Å²) >= 11 is 0. The summed E-state index contributed by atoms with van der Waals surface area (Å²) < 4.78 is 28.6. The van der Waals surface area contributed by atoms with Gasteiger partial charge in [-0.1, -0.05) is 0 Å². The summed E-state index contributed by atoms with van der Waals surface area (Å²) in [7, 11) is 0. The van der Waals surface area contributed by atoms with Gasteiger partial charge in [-0.2, -0.15) is 0 Å². The van der Waals surface area contributed by atoms with Crippen molar-refractivity contribution in [1.29, 1.82) is 0 Å². The van der Waals surface area contributed by atoms with Crippen molar-refractivity contribution >= 4 is 5.91 Å². The number of alkyl halides is 2. The van der Waals surface area contributed by atoms with Crippen LogP contribution in [0.15, 0.2) is 18.3 Å². The van der Waals surface area contributed by atoms with Crippen LogP contribution in [-0.4, -0.2) is 53.6 Å². The summed E-state index contributed by atoms with van der Waals surface area (Å²) in [6.45, 7) is 1.64. The Labute approximate surface area is 109 Å². The van der Waals surface area contributed by atoms with Gasteiger partial charge in [0.2, 0.25) is 5.88 Å². The van der Waals surface area contributed by atoms with Crippen LogP contribution in [0.4, 0.5) is 8.78 Å². The molecule has 1 aromatic rings. The number of amides is 1. The third-order valence-electron chi connectivity index (χ3n) is 2.38. The molecule has 106 valence electrons. The van der Waals surface area contributed by atoms with Gasteiger partial charge in [0.1, 0.15) is 0 Å². The van der Waals surface area contributed by atoms with E-state index in [4.69, 9.17) is 9.84 Å². The van der Waals surface area contributed by atoms with Gasteiger partial charge in [-0.05, 0) is 13.0 Å². The molecule has 0 unspecified atom stereocenters. The molecule has 1 rings (SSSR count). The van der Waals surface area contributed by atoms with E-state index in [0.29, 0.717) is 12.1 Å². The first-order chi connectivity index (χ1) is 9.08. The van der Waals surface area contributed by atoms with E-state index in [0.717, 1.165) is 0 Å². The molecule has 0 saturated heterocycles. The topological polar surface area (TPSA) is 62.7 Å².